The second-order valence-electron chi connectivity index (χ2n) is 9.89. The molecule has 9 nitrogen and oxygen atoms in total. The molecular formula is C25H32N2O7. The van der Waals surface area contributed by atoms with Crippen molar-refractivity contribution in [2.45, 2.75) is 57.3 Å². The molecule has 0 bridgehead atoms. The van der Waals surface area contributed by atoms with Crippen molar-refractivity contribution in [3.63, 3.8) is 0 Å². The van der Waals surface area contributed by atoms with Crippen molar-refractivity contribution in [1.29, 1.82) is 0 Å². The van der Waals surface area contributed by atoms with E-state index in [4.69, 9.17) is 5.73 Å². The molecule has 1 aromatic carbocycles. The molecule has 0 radical (unpaired) electrons. The SMILES string of the molecule is CCc1cc(CC)c2c(c1O)C(O)=C1C(=O)[C@@]3(O)C(=O)C(C(N)=O)C(O)[C@H](N(C)C)[C@H]3C[C@H]1C2. The molecule has 0 aliphatic heterocycles. The first-order valence-corrected chi connectivity index (χ1v) is 11.7. The van der Waals surface area contributed by atoms with Crippen LogP contribution in [0.25, 0.3) is 5.76 Å². The van der Waals surface area contributed by atoms with Crippen molar-refractivity contribution >= 4 is 23.2 Å². The lowest BCUT2D eigenvalue weighted by Gasteiger charge is -2.53. The fraction of sp³-hybridized carbons (Fsp3) is 0.560. The molecule has 0 spiro atoms. The zero-order chi connectivity index (χ0) is 25.3. The van der Waals surface area contributed by atoms with Gasteiger partial charge in [0.05, 0.1) is 11.7 Å². The van der Waals surface area contributed by atoms with Gasteiger partial charge in [0, 0.05) is 17.5 Å². The zero-order valence-corrected chi connectivity index (χ0v) is 19.8. The number of hydrogen-bond acceptors (Lipinski definition) is 8. The molecule has 0 saturated heterocycles. The first-order chi connectivity index (χ1) is 15.9. The van der Waals surface area contributed by atoms with Gasteiger partial charge in [0.2, 0.25) is 11.7 Å². The number of hydrogen-bond donors (Lipinski definition) is 5. The van der Waals surface area contributed by atoms with Crippen molar-refractivity contribution in [3.8, 4) is 5.75 Å². The van der Waals surface area contributed by atoms with Gasteiger partial charge in [0.15, 0.2) is 11.4 Å². The smallest absolute Gasteiger partial charge is 0.230 e. The van der Waals surface area contributed by atoms with Crippen LogP contribution in [-0.2, 0) is 33.6 Å². The number of carbonyl (C=O) groups excluding carboxylic acids is 3. The highest BCUT2D eigenvalue weighted by Gasteiger charge is 2.67. The number of rotatable bonds is 4. The normalized spacial score (nSPS) is 33.0. The fourth-order valence-electron chi connectivity index (χ4n) is 6.40. The van der Waals surface area contributed by atoms with Gasteiger partial charge in [-0.3, -0.25) is 14.4 Å². The third-order valence-corrected chi connectivity index (χ3v) is 8.02. The summed E-state index contributed by atoms with van der Waals surface area (Å²) in [4.78, 5) is 40.7. The Morgan fingerprint density at radius 2 is 1.79 bits per heavy atom. The van der Waals surface area contributed by atoms with E-state index in [0.717, 1.165) is 11.1 Å². The van der Waals surface area contributed by atoms with Crippen LogP contribution in [0.5, 0.6) is 5.75 Å². The second kappa shape index (κ2) is 8.18. The van der Waals surface area contributed by atoms with Gasteiger partial charge < -0.3 is 31.1 Å². The predicted molar refractivity (Wildman–Crippen MR) is 123 cm³/mol. The van der Waals surface area contributed by atoms with Crippen LogP contribution in [0.4, 0.5) is 0 Å². The largest absolute Gasteiger partial charge is 0.507 e. The van der Waals surface area contributed by atoms with Crippen molar-refractivity contribution in [2.24, 2.45) is 23.5 Å². The number of benzene rings is 1. The van der Waals surface area contributed by atoms with Crippen molar-refractivity contribution in [2.75, 3.05) is 14.1 Å². The summed E-state index contributed by atoms with van der Waals surface area (Å²) in [5.74, 6) is -7.14. The molecule has 34 heavy (non-hydrogen) atoms. The number of nitrogens with zero attached hydrogens (tertiary/aromatic N) is 1. The zero-order valence-electron chi connectivity index (χ0n) is 19.8. The summed E-state index contributed by atoms with van der Waals surface area (Å²) in [6.07, 6.45) is 0.133. The Hall–Kier alpha value is -2.75. The number of aliphatic hydroxyl groups is 3. The van der Waals surface area contributed by atoms with E-state index in [1.807, 2.05) is 19.9 Å². The Bertz CT molecular complexity index is 1120. The van der Waals surface area contributed by atoms with Gasteiger partial charge >= 0.3 is 0 Å². The first-order valence-electron chi connectivity index (χ1n) is 11.7. The van der Waals surface area contributed by atoms with Crippen LogP contribution in [-0.4, -0.2) is 74.6 Å². The average Bonchev–Trinajstić information content (AvgIpc) is 2.76. The number of aliphatic hydroxyl groups excluding tert-OH is 2. The molecule has 2 unspecified atom stereocenters. The fourth-order valence-corrected chi connectivity index (χ4v) is 6.40. The summed E-state index contributed by atoms with van der Waals surface area (Å²) in [6, 6.07) is 1.01. The Kier molecular flexibility index (Phi) is 5.86. The van der Waals surface area contributed by atoms with E-state index in [-0.39, 0.29) is 23.3 Å². The lowest BCUT2D eigenvalue weighted by Crippen LogP contribution is -2.73. The van der Waals surface area contributed by atoms with E-state index in [1.54, 1.807) is 19.0 Å². The topological polar surface area (TPSA) is 161 Å². The summed E-state index contributed by atoms with van der Waals surface area (Å²) < 4.78 is 0. The predicted octanol–water partition coefficient (Wildman–Crippen LogP) is 0.254. The van der Waals surface area contributed by atoms with E-state index >= 15 is 0 Å². The van der Waals surface area contributed by atoms with Crippen LogP contribution in [0.2, 0.25) is 0 Å². The molecule has 4 rings (SSSR count). The number of fused-ring (bicyclic) bond motifs is 3. The lowest BCUT2D eigenvalue weighted by molar-refractivity contribution is -0.184. The highest BCUT2D eigenvalue weighted by atomic mass is 16.3. The first kappa shape index (κ1) is 24.4. The number of aryl methyl sites for hydroxylation is 2. The van der Waals surface area contributed by atoms with Gasteiger partial charge in [-0.05, 0) is 62.4 Å². The highest BCUT2D eigenvalue weighted by molar-refractivity contribution is 6.25. The maximum Gasteiger partial charge on any atom is 0.230 e. The molecule has 0 heterocycles. The number of amides is 1. The lowest BCUT2D eigenvalue weighted by atomic mass is 9.54. The van der Waals surface area contributed by atoms with Crippen LogP contribution in [0, 0.1) is 17.8 Å². The van der Waals surface area contributed by atoms with Crippen molar-refractivity contribution in [1.82, 2.24) is 4.90 Å². The summed E-state index contributed by atoms with van der Waals surface area (Å²) in [5, 5.41) is 44.6. The van der Waals surface area contributed by atoms with Gasteiger partial charge in [-0.1, -0.05) is 19.9 Å². The summed E-state index contributed by atoms with van der Waals surface area (Å²) in [5.41, 5.74) is 5.11. The monoisotopic (exact) mass is 472 g/mol. The van der Waals surface area contributed by atoms with E-state index in [1.165, 1.54) is 0 Å². The molecular weight excluding hydrogens is 440 g/mol. The van der Waals surface area contributed by atoms with E-state index in [2.05, 4.69) is 0 Å². The third kappa shape index (κ3) is 3.07. The number of phenolic OH excluding ortho intramolecular Hbond substituents is 1. The number of carbonyl (C=O) groups is 3. The van der Waals surface area contributed by atoms with Gasteiger partial charge in [-0.15, -0.1) is 0 Å². The average molecular weight is 473 g/mol. The van der Waals surface area contributed by atoms with Crippen LogP contribution >= 0.6 is 0 Å². The standard InChI is InChI=1S/C25H32N2O7/c1-5-10-7-11(6-2)19(28)16-13(10)8-12-9-14-18(27(3)4)21(30)17(24(26)33)23(32)25(14,34)22(31)15(12)20(16)29/h7,12,14,17-18,21,28-30,34H,5-6,8-9H2,1-4H3,(H2,26,33)/t12-,14-,17?,18-,21?,25-/m1/s1. The molecule has 3 aliphatic carbocycles. The number of likely N-dealkylation sites (N-methyl/N-ethyl adjacent to an activating group) is 1. The van der Waals surface area contributed by atoms with Crippen LogP contribution in [0.1, 0.15) is 42.5 Å². The minimum Gasteiger partial charge on any atom is -0.507 e. The van der Waals surface area contributed by atoms with Crippen molar-refractivity contribution in [3.05, 3.63) is 33.9 Å². The summed E-state index contributed by atoms with van der Waals surface area (Å²) >= 11 is 0. The minimum atomic E-state index is -2.63. The molecule has 1 aromatic rings. The molecule has 2 saturated carbocycles. The van der Waals surface area contributed by atoms with Crippen molar-refractivity contribution < 1.29 is 34.8 Å². The Morgan fingerprint density at radius 1 is 1.18 bits per heavy atom. The summed E-state index contributed by atoms with van der Waals surface area (Å²) in [7, 11) is 3.26. The second-order valence-corrected chi connectivity index (χ2v) is 9.89. The van der Waals surface area contributed by atoms with E-state index in [9.17, 15) is 34.8 Å². The Morgan fingerprint density at radius 3 is 2.32 bits per heavy atom. The highest BCUT2D eigenvalue weighted by Crippen LogP contribution is 2.52. The Labute approximate surface area is 197 Å². The third-order valence-electron chi connectivity index (χ3n) is 8.02. The number of aromatic hydroxyl groups is 1. The number of ketones is 2. The van der Waals surface area contributed by atoms with E-state index in [0.29, 0.717) is 24.8 Å². The molecule has 184 valence electrons. The molecule has 0 aromatic heterocycles. The van der Waals surface area contributed by atoms with Gasteiger partial charge in [-0.2, -0.15) is 0 Å². The number of nitrogens with two attached hydrogens (primary N) is 1. The van der Waals surface area contributed by atoms with Crippen LogP contribution in [0.3, 0.4) is 0 Å². The number of phenols is 1. The molecule has 6 N–H and O–H groups in total. The number of primary amides is 1. The molecule has 9 heteroatoms. The van der Waals surface area contributed by atoms with Crippen LogP contribution < -0.4 is 5.73 Å². The molecule has 2 fully saturated rings. The maximum absolute atomic E-state index is 13.8. The molecule has 6 atom stereocenters. The number of Topliss-reactive ketones (excluding diaryl/α,β-unsaturated/α-hetero) is 2. The Balaban J connectivity index is 1.95. The van der Waals surface area contributed by atoms with Gasteiger partial charge in [0.25, 0.3) is 0 Å². The van der Waals surface area contributed by atoms with Gasteiger partial charge in [0.1, 0.15) is 17.4 Å². The minimum absolute atomic E-state index is 0.119. The molecule has 1 amide bonds. The maximum atomic E-state index is 13.8. The quantitative estimate of drug-likeness (QED) is 0.390. The van der Waals surface area contributed by atoms with E-state index < -0.39 is 58.7 Å². The summed E-state index contributed by atoms with van der Waals surface area (Å²) in [6.45, 7) is 3.84. The molecule has 3 aliphatic rings. The van der Waals surface area contributed by atoms with Crippen LogP contribution in [0.15, 0.2) is 11.6 Å². The van der Waals surface area contributed by atoms with Gasteiger partial charge in [-0.25, -0.2) is 0 Å².